The number of carbonyl (C=O) groups is 1. The van der Waals surface area contributed by atoms with Crippen molar-refractivity contribution < 1.29 is 4.79 Å². The molecule has 1 aliphatic heterocycles. The van der Waals surface area contributed by atoms with Gasteiger partial charge < -0.3 is 14.8 Å². The number of anilines is 3. The molecule has 22 heavy (non-hydrogen) atoms. The fraction of sp³-hybridized carbons (Fsp3) is 0.312. The average molecular weight is 296 g/mol. The van der Waals surface area contributed by atoms with Crippen LogP contribution in [0, 0.1) is 0 Å². The highest BCUT2D eigenvalue weighted by molar-refractivity contribution is 6.01. The zero-order valence-corrected chi connectivity index (χ0v) is 12.2. The molecule has 0 atom stereocenters. The number of amides is 1. The Morgan fingerprint density at radius 3 is 2.86 bits per heavy atom. The Morgan fingerprint density at radius 2 is 2.09 bits per heavy atom. The molecule has 1 saturated carbocycles. The molecule has 0 radical (unpaired) electrons. The summed E-state index contributed by atoms with van der Waals surface area (Å²) in [4.78, 5) is 29.9. The van der Waals surface area contributed by atoms with Crippen molar-refractivity contribution >= 4 is 23.1 Å². The molecule has 0 saturated heterocycles. The predicted molar refractivity (Wildman–Crippen MR) is 83.6 cm³/mol. The van der Waals surface area contributed by atoms with Crippen LogP contribution in [-0.2, 0) is 11.2 Å². The smallest absolute Gasteiger partial charge is 0.293 e. The number of nitrogens with one attached hydrogen (secondary N) is 1. The lowest BCUT2D eigenvalue weighted by Crippen LogP contribution is -2.22. The van der Waals surface area contributed by atoms with Crippen molar-refractivity contribution in [1.82, 2.24) is 9.55 Å². The summed E-state index contributed by atoms with van der Waals surface area (Å²) in [5.74, 6) is 0.410. The molecule has 1 aliphatic carbocycles. The fourth-order valence-corrected chi connectivity index (χ4v) is 2.84. The van der Waals surface area contributed by atoms with Gasteiger partial charge >= 0.3 is 0 Å². The lowest BCUT2D eigenvalue weighted by molar-refractivity contribution is -0.117. The summed E-state index contributed by atoms with van der Waals surface area (Å²) in [6, 6.07) is 5.99. The molecule has 2 aliphatic rings. The third-order valence-electron chi connectivity index (χ3n) is 4.23. The maximum absolute atomic E-state index is 12.4. The van der Waals surface area contributed by atoms with Gasteiger partial charge in [0, 0.05) is 36.9 Å². The summed E-state index contributed by atoms with van der Waals surface area (Å²) in [6.45, 7) is 0. The van der Waals surface area contributed by atoms with Crippen LogP contribution in [0.25, 0.3) is 0 Å². The predicted octanol–water partition coefficient (Wildman–Crippen LogP) is 1.84. The van der Waals surface area contributed by atoms with Crippen LogP contribution in [-0.4, -0.2) is 22.5 Å². The molecule has 1 fully saturated rings. The van der Waals surface area contributed by atoms with Gasteiger partial charge in [-0.05, 0) is 36.6 Å². The zero-order valence-electron chi connectivity index (χ0n) is 12.2. The van der Waals surface area contributed by atoms with Crippen LogP contribution in [0.2, 0.25) is 0 Å². The van der Waals surface area contributed by atoms with Crippen molar-refractivity contribution in [3.8, 4) is 0 Å². The first-order valence-corrected chi connectivity index (χ1v) is 7.37. The summed E-state index contributed by atoms with van der Waals surface area (Å²) in [7, 11) is 1.77. The maximum atomic E-state index is 12.4. The molecule has 2 aromatic rings. The van der Waals surface area contributed by atoms with Gasteiger partial charge in [-0.3, -0.25) is 9.59 Å². The van der Waals surface area contributed by atoms with Gasteiger partial charge in [-0.1, -0.05) is 0 Å². The minimum atomic E-state index is -0.0984. The van der Waals surface area contributed by atoms with Crippen molar-refractivity contribution in [1.29, 1.82) is 0 Å². The van der Waals surface area contributed by atoms with Crippen molar-refractivity contribution in [2.24, 2.45) is 0 Å². The van der Waals surface area contributed by atoms with Crippen LogP contribution in [0.5, 0.6) is 0 Å². The molecular formula is C16H16N4O2. The summed E-state index contributed by atoms with van der Waals surface area (Å²) < 4.78 is 1.74. The van der Waals surface area contributed by atoms with Crippen LogP contribution in [0.4, 0.5) is 17.2 Å². The molecule has 0 unspecified atom stereocenters. The number of rotatable bonds is 3. The number of hydrogen-bond acceptors (Lipinski definition) is 4. The van der Waals surface area contributed by atoms with Gasteiger partial charge in [0.05, 0.1) is 6.42 Å². The van der Waals surface area contributed by atoms with Gasteiger partial charge in [0.2, 0.25) is 5.91 Å². The van der Waals surface area contributed by atoms with Crippen molar-refractivity contribution in [2.75, 3.05) is 17.3 Å². The number of aromatic nitrogens is 2. The molecule has 112 valence electrons. The van der Waals surface area contributed by atoms with Crippen molar-refractivity contribution in [3.05, 3.63) is 46.5 Å². The number of carbonyl (C=O) groups excluding carboxylic acids is 1. The number of nitrogens with zero attached hydrogens (tertiary/aromatic N) is 3. The molecule has 0 spiro atoms. The normalized spacial score (nSPS) is 16.8. The van der Waals surface area contributed by atoms with E-state index in [1.165, 1.54) is 0 Å². The highest BCUT2D eigenvalue weighted by atomic mass is 16.2. The maximum Gasteiger partial charge on any atom is 0.293 e. The first-order chi connectivity index (χ1) is 10.6. The van der Waals surface area contributed by atoms with E-state index in [0.29, 0.717) is 18.3 Å². The van der Waals surface area contributed by atoms with Gasteiger partial charge in [0.15, 0.2) is 5.82 Å². The van der Waals surface area contributed by atoms with E-state index in [1.54, 1.807) is 28.9 Å². The van der Waals surface area contributed by atoms with E-state index in [4.69, 9.17) is 0 Å². The van der Waals surface area contributed by atoms with E-state index in [-0.39, 0.29) is 11.5 Å². The molecular weight excluding hydrogens is 280 g/mol. The van der Waals surface area contributed by atoms with Gasteiger partial charge in [0.1, 0.15) is 0 Å². The number of fused-ring (bicyclic) bond motifs is 1. The highest BCUT2D eigenvalue weighted by Gasteiger charge is 2.26. The van der Waals surface area contributed by atoms with E-state index in [1.807, 2.05) is 18.2 Å². The fourth-order valence-electron chi connectivity index (χ4n) is 2.84. The Morgan fingerprint density at radius 1 is 1.27 bits per heavy atom. The third-order valence-corrected chi connectivity index (χ3v) is 4.23. The molecule has 1 amide bonds. The SMILES string of the molecule is CN1C(=O)Cc2cc(Nc3nccn(C4CC4)c3=O)ccc21. The van der Waals surface area contributed by atoms with E-state index in [9.17, 15) is 9.59 Å². The molecule has 1 aromatic heterocycles. The van der Waals surface area contributed by atoms with Crippen LogP contribution in [0.15, 0.2) is 35.4 Å². The summed E-state index contributed by atoms with van der Waals surface area (Å²) >= 11 is 0. The second-order valence-corrected chi connectivity index (χ2v) is 5.82. The second kappa shape index (κ2) is 4.69. The topological polar surface area (TPSA) is 67.2 Å². The van der Waals surface area contributed by atoms with Crippen LogP contribution in [0.1, 0.15) is 24.4 Å². The molecule has 2 heterocycles. The average Bonchev–Trinajstić information content (AvgIpc) is 3.29. The van der Waals surface area contributed by atoms with Crippen LogP contribution < -0.4 is 15.8 Å². The van der Waals surface area contributed by atoms with Crippen molar-refractivity contribution in [3.63, 3.8) is 0 Å². The number of likely N-dealkylation sites (N-methyl/N-ethyl adjacent to an activating group) is 1. The largest absolute Gasteiger partial charge is 0.336 e. The molecule has 4 rings (SSSR count). The van der Waals surface area contributed by atoms with E-state index < -0.39 is 0 Å². The monoisotopic (exact) mass is 296 g/mol. The zero-order chi connectivity index (χ0) is 15.3. The Bertz CT molecular complexity index is 823. The molecule has 6 nitrogen and oxygen atoms in total. The first kappa shape index (κ1) is 13.1. The molecule has 1 N–H and O–H groups in total. The Labute approximate surface area is 127 Å². The quantitative estimate of drug-likeness (QED) is 0.938. The standard InChI is InChI=1S/C16H16N4O2/c1-19-13-5-2-11(8-10(13)9-14(19)21)18-15-16(22)20(7-6-17-15)12-3-4-12/h2,5-8,12H,3-4,9H2,1H3,(H,17,18). The Kier molecular flexibility index (Phi) is 2.79. The highest BCUT2D eigenvalue weighted by Crippen LogP contribution is 2.33. The summed E-state index contributed by atoms with van der Waals surface area (Å²) in [5, 5.41) is 3.08. The Hall–Kier alpha value is -2.63. The minimum Gasteiger partial charge on any atom is -0.336 e. The number of hydrogen-bond donors (Lipinski definition) is 1. The third kappa shape index (κ3) is 2.07. The molecule has 0 bridgehead atoms. The van der Waals surface area contributed by atoms with Gasteiger partial charge in [-0.25, -0.2) is 4.98 Å². The van der Waals surface area contributed by atoms with E-state index in [0.717, 1.165) is 29.8 Å². The van der Waals surface area contributed by atoms with Crippen molar-refractivity contribution in [2.45, 2.75) is 25.3 Å². The minimum absolute atomic E-state index is 0.0843. The van der Waals surface area contributed by atoms with Gasteiger partial charge in [-0.15, -0.1) is 0 Å². The van der Waals surface area contributed by atoms with E-state index in [2.05, 4.69) is 10.3 Å². The molecule has 1 aromatic carbocycles. The summed E-state index contributed by atoms with van der Waals surface area (Å²) in [5.41, 5.74) is 2.57. The van der Waals surface area contributed by atoms with E-state index >= 15 is 0 Å². The lowest BCUT2D eigenvalue weighted by Gasteiger charge is -2.12. The molecule has 6 heteroatoms. The van der Waals surface area contributed by atoms with Gasteiger partial charge in [-0.2, -0.15) is 0 Å². The lowest BCUT2D eigenvalue weighted by atomic mass is 10.1. The van der Waals surface area contributed by atoms with Crippen LogP contribution in [0.3, 0.4) is 0 Å². The summed E-state index contributed by atoms with van der Waals surface area (Å²) in [6.07, 6.45) is 5.89. The van der Waals surface area contributed by atoms with Crippen LogP contribution >= 0.6 is 0 Å². The Balaban J connectivity index is 1.65. The first-order valence-electron chi connectivity index (χ1n) is 7.37. The second-order valence-electron chi connectivity index (χ2n) is 5.82. The number of benzene rings is 1. The van der Waals surface area contributed by atoms with Gasteiger partial charge in [0.25, 0.3) is 5.56 Å².